The van der Waals surface area contributed by atoms with Gasteiger partial charge in [0.1, 0.15) is 5.82 Å². The summed E-state index contributed by atoms with van der Waals surface area (Å²) in [5, 5.41) is 3.03. The molecule has 1 atom stereocenters. The van der Waals surface area contributed by atoms with Crippen molar-refractivity contribution in [2.45, 2.75) is 6.10 Å². The molecule has 4 nitrogen and oxygen atoms in total. The number of anilines is 2. The molecule has 0 amide bonds. The molecule has 1 rings (SSSR count). The number of halogens is 2. The summed E-state index contributed by atoms with van der Waals surface area (Å²) in [6.07, 6.45) is -0.105. The van der Waals surface area contributed by atoms with Crippen molar-refractivity contribution >= 4 is 27.3 Å². The molecular weight excluding hydrogens is 291 g/mol. The van der Waals surface area contributed by atoms with E-state index in [4.69, 9.17) is 15.2 Å². The molecule has 0 spiro atoms. The van der Waals surface area contributed by atoms with Crippen molar-refractivity contribution in [3.8, 4) is 0 Å². The van der Waals surface area contributed by atoms with Crippen LogP contribution in [-0.4, -0.2) is 33.5 Å². The van der Waals surface area contributed by atoms with Gasteiger partial charge in [0.15, 0.2) is 0 Å². The van der Waals surface area contributed by atoms with E-state index in [0.717, 1.165) is 0 Å². The molecular formula is C11H16BrFN2O2. The molecule has 17 heavy (non-hydrogen) atoms. The third-order valence-electron chi connectivity index (χ3n) is 2.30. The number of benzene rings is 1. The lowest BCUT2D eigenvalue weighted by atomic mass is 10.2. The van der Waals surface area contributed by atoms with Gasteiger partial charge in [-0.1, -0.05) is 0 Å². The van der Waals surface area contributed by atoms with Crippen LogP contribution >= 0.6 is 15.9 Å². The van der Waals surface area contributed by atoms with Crippen molar-refractivity contribution in [1.82, 2.24) is 0 Å². The first kappa shape index (κ1) is 14.2. The van der Waals surface area contributed by atoms with E-state index < -0.39 is 0 Å². The number of methoxy groups -OCH3 is 2. The van der Waals surface area contributed by atoms with Gasteiger partial charge in [-0.3, -0.25) is 0 Å². The van der Waals surface area contributed by atoms with Crippen LogP contribution in [0.3, 0.4) is 0 Å². The Morgan fingerprint density at radius 2 is 2.18 bits per heavy atom. The van der Waals surface area contributed by atoms with Crippen LogP contribution < -0.4 is 11.1 Å². The zero-order valence-corrected chi connectivity index (χ0v) is 11.4. The third-order valence-corrected chi connectivity index (χ3v) is 2.91. The van der Waals surface area contributed by atoms with Crippen LogP contribution in [0.2, 0.25) is 0 Å². The van der Waals surface area contributed by atoms with Gasteiger partial charge in [-0.2, -0.15) is 0 Å². The molecule has 0 fully saturated rings. The first-order chi connectivity index (χ1) is 8.08. The Morgan fingerprint density at radius 3 is 2.76 bits per heavy atom. The average Bonchev–Trinajstić information content (AvgIpc) is 2.30. The standard InChI is InChI=1S/C11H16BrFN2O2/c1-16-6-7(17-2)5-15-11-4-9(13)8(12)3-10(11)14/h3-4,7,15H,5-6,14H2,1-2H3. The zero-order chi connectivity index (χ0) is 12.8. The Balaban J connectivity index is 2.65. The maximum Gasteiger partial charge on any atom is 0.139 e. The van der Waals surface area contributed by atoms with Gasteiger partial charge in [0, 0.05) is 26.8 Å². The lowest BCUT2D eigenvalue weighted by molar-refractivity contribution is 0.0366. The van der Waals surface area contributed by atoms with Gasteiger partial charge in [0.2, 0.25) is 0 Å². The van der Waals surface area contributed by atoms with Crippen molar-refractivity contribution in [2.24, 2.45) is 0 Å². The molecule has 3 N–H and O–H groups in total. The summed E-state index contributed by atoms with van der Waals surface area (Å²) >= 11 is 3.07. The number of hydrogen-bond acceptors (Lipinski definition) is 4. The summed E-state index contributed by atoms with van der Waals surface area (Å²) in [5.41, 5.74) is 6.78. The highest BCUT2D eigenvalue weighted by atomic mass is 79.9. The summed E-state index contributed by atoms with van der Waals surface area (Å²) in [6, 6.07) is 2.87. The first-order valence-electron chi connectivity index (χ1n) is 5.08. The van der Waals surface area contributed by atoms with E-state index in [9.17, 15) is 4.39 Å². The fraction of sp³-hybridized carbons (Fsp3) is 0.455. The van der Waals surface area contributed by atoms with E-state index >= 15 is 0 Å². The Hall–Kier alpha value is -0.850. The van der Waals surface area contributed by atoms with Crippen LogP contribution in [-0.2, 0) is 9.47 Å². The zero-order valence-electron chi connectivity index (χ0n) is 9.80. The van der Waals surface area contributed by atoms with E-state index in [2.05, 4.69) is 21.2 Å². The van der Waals surface area contributed by atoms with Gasteiger partial charge in [-0.15, -0.1) is 0 Å². The predicted molar refractivity (Wildman–Crippen MR) is 69.7 cm³/mol. The highest BCUT2D eigenvalue weighted by Gasteiger charge is 2.09. The Morgan fingerprint density at radius 1 is 1.47 bits per heavy atom. The molecule has 96 valence electrons. The van der Waals surface area contributed by atoms with Gasteiger partial charge in [-0.05, 0) is 22.0 Å². The van der Waals surface area contributed by atoms with Crippen LogP contribution in [0.5, 0.6) is 0 Å². The number of nitrogens with one attached hydrogen (secondary N) is 1. The van der Waals surface area contributed by atoms with Crippen molar-refractivity contribution in [2.75, 3.05) is 38.4 Å². The van der Waals surface area contributed by atoms with E-state index in [1.54, 1.807) is 14.2 Å². The molecule has 0 saturated heterocycles. The van der Waals surface area contributed by atoms with Crippen LogP contribution in [0.25, 0.3) is 0 Å². The van der Waals surface area contributed by atoms with Gasteiger partial charge in [-0.25, -0.2) is 4.39 Å². The molecule has 0 aliphatic rings. The number of nitrogens with two attached hydrogens (primary N) is 1. The van der Waals surface area contributed by atoms with Gasteiger partial charge < -0.3 is 20.5 Å². The molecule has 0 radical (unpaired) electrons. The van der Waals surface area contributed by atoms with Gasteiger partial charge in [0.05, 0.1) is 28.6 Å². The van der Waals surface area contributed by atoms with Gasteiger partial charge >= 0.3 is 0 Å². The number of hydrogen-bond donors (Lipinski definition) is 2. The molecule has 0 aliphatic carbocycles. The molecule has 0 bridgehead atoms. The lowest BCUT2D eigenvalue weighted by Gasteiger charge is -2.17. The van der Waals surface area contributed by atoms with Crippen molar-refractivity contribution < 1.29 is 13.9 Å². The first-order valence-corrected chi connectivity index (χ1v) is 5.88. The topological polar surface area (TPSA) is 56.5 Å². The molecule has 1 unspecified atom stereocenters. The second-order valence-electron chi connectivity index (χ2n) is 3.55. The Bertz CT molecular complexity index is 377. The minimum absolute atomic E-state index is 0.105. The average molecular weight is 307 g/mol. The van der Waals surface area contributed by atoms with Crippen LogP contribution in [0.1, 0.15) is 0 Å². The SMILES string of the molecule is COCC(CNc1cc(F)c(Br)cc1N)OC. The van der Waals surface area contributed by atoms with Crippen LogP contribution in [0, 0.1) is 5.82 Å². The number of nitrogen functional groups attached to an aromatic ring is 1. The maximum absolute atomic E-state index is 13.3. The van der Waals surface area contributed by atoms with Crippen molar-refractivity contribution in [3.63, 3.8) is 0 Å². The quantitative estimate of drug-likeness (QED) is 0.792. The fourth-order valence-electron chi connectivity index (χ4n) is 1.34. The normalized spacial score (nSPS) is 12.5. The molecule has 1 aromatic rings. The fourth-order valence-corrected chi connectivity index (χ4v) is 1.70. The Labute approximate surface area is 108 Å². The highest BCUT2D eigenvalue weighted by molar-refractivity contribution is 9.10. The summed E-state index contributed by atoms with van der Waals surface area (Å²) < 4.78 is 23.8. The van der Waals surface area contributed by atoms with E-state index in [1.165, 1.54) is 12.1 Å². The lowest BCUT2D eigenvalue weighted by Crippen LogP contribution is -2.26. The second kappa shape index (κ2) is 6.78. The van der Waals surface area contributed by atoms with E-state index in [0.29, 0.717) is 29.0 Å². The summed E-state index contributed by atoms with van der Waals surface area (Å²) in [6.45, 7) is 0.956. The minimum atomic E-state index is -0.359. The maximum atomic E-state index is 13.3. The largest absolute Gasteiger partial charge is 0.397 e. The predicted octanol–water partition coefficient (Wildman–Crippen LogP) is 2.24. The third kappa shape index (κ3) is 4.14. The molecule has 1 aromatic carbocycles. The number of rotatable bonds is 6. The molecule has 0 aliphatic heterocycles. The van der Waals surface area contributed by atoms with Crippen molar-refractivity contribution in [3.05, 3.63) is 22.4 Å². The summed E-state index contributed by atoms with van der Waals surface area (Å²) in [4.78, 5) is 0. The van der Waals surface area contributed by atoms with E-state index in [1.807, 2.05) is 0 Å². The van der Waals surface area contributed by atoms with Gasteiger partial charge in [0.25, 0.3) is 0 Å². The smallest absolute Gasteiger partial charge is 0.139 e. The van der Waals surface area contributed by atoms with Crippen molar-refractivity contribution in [1.29, 1.82) is 0 Å². The summed E-state index contributed by atoms with van der Waals surface area (Å²) in [7, 11) is 3.19. The Kier molecular flexibility index (Phi) is 5.67. The molecule has 6 heteroatoms. The van der Waals surface area contributed by atoms with Crippen LogP contribution in [0.15, 0.2) is 16.6 Å². The second-order valence-corrected chi connectivity index (χ2v) is 4.40. The molecule has 0 heterocycles. The van der Waals surface area contributed by atoms with Crippen LogP contribution in [0.4, 0.5) is 15.8 Å². The van der Waals surface area contributed by atoms with E-state index in [-0.39, 0.29) is 11.9 Å². The molecule has 0 aromatic heterocycles. The monoisotopic (exact) mass is 306 g/mol. The highest BCUT2D eigenvalue weighted by Crippen LogP contribution is 2.26. The summed E-state index contributed by atoms with van der Waals surface area (Å²) in [5.74, 6) is -0.359. The number of ether oxygens (including phenoxy) is 2. The molecule has 0 saturated carbocycles. The minimum Gasteiger partial charge on any atom is -0.397 e.